The fraction of sp³-hybridized carbons (Fsp3) is 0.231. The van der Waals surface area contributed by atoms with Crippen molar-refractivity contribution in [2.45, 2.75) is 13.2 Å². The van der Waals surface area contributed by atoms with E-state index >= 15 is 0 Å². The quantitative estimate of drug-likeness (QED) is 0.743. The van der Waals surface area contributed by atoms with Crippen LogP contribution >= 0.6 is 0 Å². The molecule has 1 amide bonds. The summed E-state index contributed by atoms with van der Waals surface area (Å²) in [6, 6.07) is 7.38. The highest BCUT2D eigenvalue weighted by molar-refractivity contribution is 5.97. The molecule has 4 N–H and O–H groups in total. The van der Waals surface area contributed by atoms with Gasteiger partial charge >= 0.3 is 0 Å². The summed E-state index contributed by atoms with van der Waals surface area (Å²) in [7, 11) is 1.66. The molecule has 1 aromatic carbocycles. The van der Waals surface area contributed by atoms with Crippen LogP contribution in [0.15, 0.2) is 30.5 Å². The van der Waals surface area contributed by atoms with Crippen LogP contribution in [0.1, 0.15) is 21.6 Å². The number of rotatable bonds is 4. The molecule has 0 atom stereocenters. The van der Waals surface area contributed by atoms with E-state index in [4.69, 9.17) is 10.8 Å². The predicted octanol–water partition coefficient (Wildman–Crippen LogP) is 0.425. The molecule has 6 nitrogen and oxygen atoms in total. The molecule has 100 valence electrons. The second-order valence-corrected chi connectivity index (χ2v) is 4.23. The van der Waals surface area contributed by atoms with Crippen LogP contribution in [0, 0.1) is 0 Å². The van der Waals surface area contributed by atoms with Crippen molar-refractivity contribution < 1.29 is 9.90 Å². The number of aliphatic hydroxyl groups excluding tert-OH is 1. The maximum Gasteiger partial charge on any atom is 0.271 e. The van der Waals surface area contributed by atoms with Crippen molar-refractivity contribution in [2.75, 3.05) is 5.73 Å². The number of nitrogens with one attached hydrogen (secondary N) is 1. The van der Waals surface area contributed by atoms with Crippen LogP contribution in [-0.4, -0.2) is 20.8 Å². The molecule has 19 heavy (non-hydrogen) atoms. The molecule has 2 rings (SSSR count). The number of hydrogen-bond acceptors (Lipinski definition) is 4. The fourth-order valence-corrected chi connectivity index (χ4v) is 1.84. The summed E-state index contributed by atoms with van der Waals surface area (Å²) in [5.41, 5.74) is 8.11. The Morgan fingerprint density at radius 1 is 1.47 bits per heavy atom. The SMILES string of the molecule is Cn1ncc(N)c1C(=O)NCc1cccc(CO)c1. The highest BCUT2D eigenvalue weighted by atomic mass is 16.3. The minimum absolute atomic E-state index is 0.0174. The number of aromatic nitrogens is 2. The predicted molar refractivity (Wildman–Crippen MR) is 71.2 cm³/mol. The number of nitrogens with zero attached hydrogens (tertiary/aromatic N) is 2. The van der Waals surface area contributed by atoms with Crippen molar-refractivity contribution in [1.29, 1.82) is 0 Å². The number of aryl methyl sites for hydroxylation is 1. The topological polar surface area (TPSA) is 93.2 Å². The van der Waals surface area contributed by atoms with Gasteiger partial charge in [0.05, 0.1) is 18.5 Å². The van der Waals surface area contributed by atoms with Gasteiger partial charge in [-0.1, -0.05) is 24.3 Å². The summed E-state index contributed by atoms with van der Waals surface area (Å²) in [6.07, 6.45) is 1.45. The van der Waals surface area contributed by atoms with Crippen LogP contribution < -0.4 is 11.1 Å². The number of carbonyl (C=O) groups is 1. The summed E-state index contributed by atoms with van der Waals surface area (Å²) >= 11 is 0. The molecule has 1 aromatic heterocycles. The Labute approximate surface area is 110 Å². The molecule has 0 aliphatic heterocycles. The van der Waals surface area contributed by atoms with Crippen LogP contribution in [0.4, 0.5) is 5.69 Å². The number of aliphatic hydroxyl groups is 1. The van der Waals surface area contributed by atoms with E-state index in [2.05, 4.69) is 10.4 Å². The van der Waals surface area contributed by atoms with Crippen molar-refractivity contribution in [1.82, 2.24) is 15.1 Å². The Hall–Kier alpha value is -2.34. The number of nitrogen functional groups attached to an aromatic ring is 1. The van der Waals surface area contributed by atoms with E-state index in [1.807, 2.05) is 24.3 Å². The van der Waals surface area contributed by atoms with E-state index in [0.29, 0.717) is 17.9 Å². The first-order chi connectivity index (χ1) is 9.11. The van der Waals surface area contributed by atoms with E-state index in [-0.39, 0.29) is 12.5 Å². The molecule has 0 saturated carbocycles. The minimum atomic E-state index is -0.271. The second kappa shape index (κ2) is 5.53. The van der Waals surface area contributed by atoms with Gasteiger partial charge in [-0.25, -0.2) is 0 Å². The van der Waals surface area contributed by atoms with Crippen LogP contribution in [0.25, 0.3) is 0 Å². The minimum Gasteiger partial charge on any atom is -0.396 e. The monoisotopic (exact) mass is 260 g/mol. The number of carbonyl (C=O) groups excluding carboxylic acids is 1. The van der Waals surface area contributed by atoms with Crippen LogP contribution in [0.5, 0.6) is 0 Å². The van der Waals surface area contributed by atoms with Gasteiger partial charge in [0.2, 0.25) is 0 Å². The molecule has 1 heterocycles. The van der Waals surface area contributed by atoms with Crippen molar-refractivity contribution in [3.8, 4) is 0 Å². The van der Waals surface area contributed by atoms with E-state index in [1.165, 1.54) is 10.9 Å². The number of hydrogen-bond donors (Lipinski definition) is 3. The van der Waals surface area contributed by atoms with Gasteiger partial charge in [-0.2, -0.15) is 5.10 Å². The van der Waals surface area contributed by atoms with Gasteiger partial charge in [-0.3, -0.25) is 9.48 Å². The maximum absolute atomic E-state index is 12.0. The molecule has 0 radical (unpaired) electrons. The lowest BCUT2D eigenvalue weighted by Crippen LogP contribution is -2.26. The van der Waals surface area contributed by atoms with Gasteiger partial charge in [0.15, 0.2) is 0 Å². The molecule has 0 aliphatic carbocycles. The van der Waals surface area contributed by atoms with Gasteiger partial charge in [-0.15, -0.1) is 0 Å². The average molecular weight is 260 g/mol. The van der Waals surface area contributed by atoms with E-state index in [1.54, 1.807) is 7.05 Å². The van der Waals surface area contributed by atoms with E-state index < -0.39 is 0 Å². The van der Waals surface area contributed by atoms with Crippen LogP contribution in [0.2, 0.25) is 0 Å². The Kier molecular flexibility index (Phi) is 3.82. The first kappa shape index (κ1) is 13.1. The van der Waals surface area contributed by atoms with Gasteiger partial charge in [0.25, 0.3) is 5.91 Å². The Bertz CT molecular complexity index is 573. The molecule has 6 heteroatoms. The lowest BCUT2D eigenvalue weighted by Gasteiger charge is -2.07. The smallest absolute Gasteiger partial charge is 0.271 e. The Balaban J connectivity index is 2.04. The lowest BCUT2D eigenvalue weighted by atomic mass is 10.1. The van der Waals surface area contributed by atoms with Crippen molar-refractivity contribution in [3.63, 3.8) is 0 Å². The molecule has 0 aliphatic rings. The highest BCUT2D eigenvalue weighted by Crippen LogP contribution is 2.10. The summed E-state index contributed by atoms with van der Waals surface area (Å²) in [5, 5.41) is 15.7. The van der Waals surface area contributed by atoms with Gasteiger partial charge in [0, 0.05) is 13.6 Å². The van der Waals surface area contributed by atoms with Crippen LogP contribution in [0.3, 0.4) is 0 Å². The zero-order chi connectivity index (χ0) is 13.8. The third-order valence-electron chi connectivity index (χ3n) is 2.81. The molecule has 0 saturated heterocycles. The average Bonchev–Trinajstić information content (AvgIpc) is 2.76. The highest BCUT2D eigenvalue weighted by Gasteiger charge is 2.14. The summed E-state index contributed by atoms with van der Waals surface area (Å²) in [4.78, 5) is 12.0. The third-order valence-corrected chi connectivity index (χ3v) is 2.81. The standard InChI is InChI=1S/C13H16N4O2/c1-17-12(11(14)7-16-17)13(19)15-6-9-3-2-4-10(5-9)8-18/h2-5,7,18H,6,8,14H2,1H3,(H,15,19). The summed E-state index contributed by atoms with van der Waals surface area (Å²) < 4.78 is 1.44. The van der Waals surface area contributed by atoms with E-state index in [0.717, 1.165) is 11.1 Å². The molecule has 0 spiro atoms. The third kappa shape index (κ3) is 2.92. The molecular formula is C13H16N4O2. The molecule has 0 fully saturated rings. The van der Waals surface area contributed by atoms with Gasteiger partial charge in [-0.05, 0) is 11.1 Å². The molecule has 2 aromatic rings. The van der Waals surface area contributed by atoms with Crippen LogP contribution in [-0.2, 0) is 20.2 Å². The van der Waals surface area contributed by atoms with Gasteiger partial charge in [0.1, 0.15) is 5.69 Å². The lowest BCUT2D eigenvalue weighted by molar-refractivity contribution is 0.0942. The first-order valence-corrected chi connectivity index (χ1v) is 5.86. The molecule has 0 unspecified atom stereocenters. The zero-order valence-corrected chi connectivity index (χ0v) is 10.6. The summed E-state index contributed by atoms with van der Waals surface area (Å²) in [6.45, 7) is 0.355. The summed E-state index contributed by atoms with van der Waals surface area (Å²) in [5.74, 6) is -0.271. The molecular weight excluding hydrogens is 244 g/mol. The van der Waals surface area contributed by atoms with E-state index in [9.17, 15) is 4.79 Å². The van der Waals surface area contributed by atoms with Gasteiger partial charge < -0.3 is 16.2 Å². The first-order valence-electron chi connectivity index (χ1n) is 5.86. The Morgan fingerprint density at radius 3 is 2.84 bits per heavy atom. The maximum atomic E-state index is 12.0. The number of anilines is 1. The number of nitrogens with two attached hydrogens (primary N) is 1. The van der Waals surface area contributed by atoms with Crippen molar-refractivity contribution in [2.24, 2.45) is 7.05 Å². The normalized spacial score (nSPS) is 10.4. The number of benzene rings is 1. The van der Waals surface area contributed by atoms with Crippen molar-refractivity contribution in [3.05, 3.63) is 47.3 Å². The second-order valence-electron chi connectivity index (χ2n) is 4.23. The molecule has 0 bridgehead atoms. The fourth-order valence-electron chi connectivity index (χ4n) is 1.84. The zero-order valence-electron chi connectivity index (χ0n) is 10.6. The Morgan fingerprint density at radius 2 is 2.21 bits per heavy atom. The largest absolute Gasteiger partial charge is 0.396 e. The van der Waals surface area contributed by atoms with Crippen molar-refractivity contribution >= 4 is 11.6 Å². The number of amides is 1.